The molecule has 126 valence electrons. The normalized spacial score (nSPS) is 12.9. The number of hydrogen-bond donors (Lipinski definition) is 1. The molecule has 1 heterocycles. The lowest BCUT2D eigenvalue weighted by Crippen LogP contribution is -2.26. The molecule has 0 aliphatic carbocycles. The quantitative estimate of drug-likeness (QED) is 0.730. The molecule has 3 rings (SSSR count). The molecule has 0 fully saturated rings. The molecule has 3 aromatic rings. The third-order valence-electron chi connectivity index (χ3n) is 3.78. The summed E-state index contributed by atoms with van der Waals surface area (Å²) in [5.41, 5.74) is 2.21. The van der Waals surface area contributed by atoms with E-state index in [0.717, 1.165) is 10.3 Å². The van der Waals surface area contributed by atoms with Crippen molar-refractivity contribution in [2.45, 2.75) is 13.0 Å². The Morgan fingerprint density at radius 2 is 1.88 bits per heavy atom. The fraction of sp³-hybridized carbons (Fsp3) is 0.105. The van der Waals surface area contributed by atoms with Gasteiger partial charge in [-0.25, -0.2) is 4.79 Å². The van der Waals surface area contributed by atoms with Gasteiger partial charge in [-0.15, -0.1) is 6.58 Å². The molecule has 0 aliphatic rings. The van der Waals surface area contributed by atoms with E-state index in [1.165, 1.54) is 22.0 Å². The molecule has 0 aliphatic heterocycles. The number of rotatable bonds is 4. The predicted octanol–water partition coefficient (Wildman–Crippen LogP) is 3.56. The van der Waals surface area contributed by atoms with Crippen molar-refractivity contribution >= 4 is 33.4 Å². The van der Waals surface area contributed by atoms with E-state index >= 15 is 0 Å². The molecular weight excluding hydrogens is 336 g/mol. The number of carbonyl (C=O) groups excluding carboxylic acids is 1. The van der Waals surface area contributed by atoms with Crippen molar-refractivity contribution in [3.63, 3.8) is 0 Å². The molecule has 1 N–H and O–H groups in total. The van der Waals surface area contributed by atoms with Crippen molar-refractivity contribution in [3.8, 4) is 0 Å². The van der Waals surface area contributed by atoms with Gasteiger partial charge in [0.25, 0.3) is 5.91 Å². The van der Waals surface area contributed by atoms with E-state index in [1.54, 1.807) is 18.2 Å². The first-order valence-electron chi connectivity index (χ1n) is 7.62. The van der Waals surface area contributed by atoms with Gasteiger partial charge in [-0.1, -0.05) is 47.2 Å². The minimum atomic E-state index is -1.05. The maximum atomic E-state index is 12.5. The Bertz CT molecular complexity index is 1030. The Labute approximate surface area is 148 Å². The highest BCUT2D eigenvalue weighted by molar-refractivity contribution is 7.16. The number of thiazole rings is 1. The smallest absolute Gasteiger partial charge is 0.330 e. The summed E-state index contributed by atoms with van der Waals surface area (Å²) >= 11 is 1.28. The van der Waals surface area contributed by atoms with E-state index in [0.29, 0.717) is 15.9 Å². The fourth-order valence-electron chi connectivity index (χ4n) is 2.50. The van der Waals surface area contributed by atoms with Crippen molar-refractivity contribution in [1.29, 1.82) is 0 Å². The number of hydrogen-bond acceptors (Lipinski definition) is 3. The summed E-state index contributed by atoms with van der Waals surface area (Å²) in [5.74, 6) is -1.46. The van der Waals surface area contributed by atoms with Crippen molar-refractivity contribution in [2.75, 3.05) is 0 Å². The number of aromatic nitrogens is 1. The zero-order chi connectivity index (χ0) is 18.0. The monoisotopic (exact) mass is 352 g/mol. The van der Waals surface area contributed by atoms with Crippen molar-refractivity contribution in [2.24, 2.45) is 4.99 Å². The number of carboxylic acids is 1. The van der Waals surface area contributed by atoms with Gasteiger partial charge in [0.1, 0.15) is 0 Å². The zero-order valence-electron chi connectivity index (χ0n) is 13.5. The van der Waals surface area contributed by atoms with Gasteiger partial charge in [0.2, 0.25) is 0 Å². The van der Waals surface area contributed by atoms with Crippen molar-refractivity contribution in [3.05, 3.63) is 77.1 Å². The van der Waals surface area contributed by atoms with Crippen LogP contribution in [0.15, 0.2) is 66.2 Å². The zero-order valence-corrected chi connectivity index (χ0v) is 14.4. The summed E-state index contributed by atoms with van der Waals surface area (Å²) in [6.45, 7) is 5.55. The van der Waals surface area contributed by atoms with Gasteiger partial charge >= 0.3 is 5.97 Å². The van der Waals surface area contributed by atoms with Crippen LogP contribution in [0.4, 0.5) is 0 Å². The molecule has 2 aromatic carbocycles. The van der Waals surface area contributed by atoms with Crippen LogP contribution < -0.4 is 4.80 Å². The molecule has 5 nitrogen and oxygen atoms in total. The summed E-state index contributed by atoms with van der Waals surface area (Å²) in [5, 5.41) is 9.50. The van der Waals surface area contributed by atoms with Crippen LogP contribution in [0.5, 0.6) is 0 Å². The summed E-state index contributed by atoms with van der Waals surface area (Å²) < 4.78 is 2.38. The highest BCUT2D eigenvalue weighted by atomic mass is 32.1. The second-order valence-electron chi connectivity index (χ2n) is 5.52. The van der Waals surface area contributed by atoms with Crippen LogP contribution in [0.25, 0.3) is 10.2 Å². The van der Waals surface area contributed by atoms with Crippen LogP contribution >= 0.6 is 11.3 Å². The average molecular weight is 352 g/mol. The first-order chi connectivity index (χ1) is 12.0. The lowest BCUT2D eigenvalue weighted by atomic mass is 10.1. The first-order valence-corrected chi connectivity index (χ1v) is 8.44. The molecule has 6 heteroatoms. The third kappa shape index (κ3) is 3.29. The second kappa shape index (κ2) is 6.86. The molecule has 0 radical (unpaired) electrons. The van der Waals surface area contributed by atoms with E-state index in [1.807, 2.05) is 37.3 Å². The molecule has 1 aromatic heterocycles. The van der Waals surface area contributed by atoms with Crippen LogP contribution in [-0.2, 0) is 4.79 Å². The van der Waals surface area contributed by atoms with Crippen LogP contribution in [0.1, 0.15) is 22.0 Å². The molecule has 0 spiro atoms. The maximum Gasteiger partial charge on any atom is 0.330 e. The van der Waals surface area contributed by atoms with Gasteiger partial charge in [-0.2, -0.15) is 4.99 Å². The van der Waals surface area contributed by atoms with Gasteiger partial charge in [0.05, 0.1) is 10.2 Å². The van der Waals surface area contributed by atoms with Gasteiger partial charge in [-0.05, 0) is 31.2 Å². The lowest BCUT2D eigenvalue weighted by molar-refractivity contribution is -0.139. The summed E-state index contributed by atoms with van der Waals surface area (Å²) in [6, 6.07) is 13.5. The Hall–Kier alpha value is -2.99. The van der Waals surface area contributed by atoms with Crippen LogP contribution in [0.3, 0.4) is 0 Å². The molecule has 1 atom stereocenters. The number of nitrogens with zero attached hydrogens (tertiary/aromatic N) is 2. The number of amides is 1. The summed E-state index contributed by atoms with van der Waals surface area (Å²) in [7, 11) is 0. The number of aliphatic carboxylic acids is 1. The van der Waals surface area contributed by atoms with Gasteiger partial charge in [-0.3, -0.25) is 9.36 Å². The number of carbonyl (C=O) groups is 2. The second-order valence-corrected chi connectivity index (χ2v) is 6.53. The summed E-state index contributed by atoms with van der Waals surface area (Å²) in [4.78, 5) is 28.6. The molecule has 1 amide bonds. The Morgan fingerprint density at radius 3 is 2.52 bits per heavy atom. The predicted molar refractivity (Wildman–Crippen MR) is 97.8 cm³/mol. The van der Waals surface area contributed by atoms with E-state index in [9.17, 15) is 14.7 Å². The Morgan fingerprint density at radius 1 is 1.20 bits per heavy atom. The van der Waals surface area contributed by atoms with Gasteiger partial charge in [0, 0.05) is 5.56 Å². The highest BCUT2D eigenvalue weighted by Crippen LogP contribution is 2.21. The number of carboxylic acid groups (broad SMARTS) is 1. The Balaban J connectivity index is 2.21. The largest absolute Gasteiger partial charge is 0.479 e. The molecular formula is C19H16N2O3S. The average Bonchev–Trinajstić information content (AvgIpc) is 2.94. The SMILES string of the molecule is C=CC(C(=O)O)n1/c(=N/C(=O)c2ccc(C)cc2)sc2ccccc21. The van der Waals surface area contributed by atoms with Crippen molar-refractivity contribution < 1.29 is 14.7 Å². The van der Waals surface area contributed by atoms with Gasteiger partial charge < -0.3 is 5.11 Å². The number of aryl methyl sites for hydroxylation is 1. The first kappa shape index (κ1) is 16.9. The molecule has 0 saturated heterocycles. The highest BCUT2D eigenvalue weighted by Gasteiger charge is 2.20. The number of fused-ring (bicyclic) bond motifs is 1. The minimum absolute atomic E-state index is 0.332. The number of benzene rings is 2. The van der Waals surface area contributed by atoms with Crippen LogP contribution in [-0.4, -0.2) is 21.6 Å². The van der Waals surface area contributed by atoms with Crippen LogP contribution in [0.2, 0.25) is 0 Å². The maximum absolute atomic E-state index is 12.5. The van der Waals surface area contributed by atoms with Gasteiger partial charge in [0.15, 0.2) is 10.8 Å². The van der Waals surface area contributed by atoms with E-state index < -0.39 is 17.9 Å². The van der Waals surface area contributed by atoms with Crippen LogP contribution in [0, 0.1) is 6.92 Å². The number of para-hydroxylation sites is 1. The standard InChI is InChI=1S/C19H16N2O3S/c1-3-14(18(23)24)21-15-6-4-5-7-16(15)25-19(21)20-17(22)13-10-8-12(2)9-11-13/h3-11,14H,1H2,2H3,(H,23,24)/b20-19-. The van der Waals surface area contributed by atoms with E-state index in [-0.39, 0.29) is 0 Å². The molecule has 0 bridgehead atoms. The molecule has 0 saturated carbocycles. The van der Waals surface area contributed by atoms with E-state index in [4.69, 9.17) is 0 Å². The van der Waals surface area contributed by atoms with E-state index in [2.05, 4.69) is 11.6 Å². The van der Waals surface area contributed by atoms with Crippen molar-refractivity contribution in [1.82, 2.24) is 4.57 Å². The Kier molecular flexibility index (Phi) is 4.63. The lowest BCUT2D eigenvalue weighted by Gasteiger charge is -2.10. The third-order valence-corrected chi connectivity index (χ3v) is 4.82. The topological polar surface area (TPSA) is 71.7 Å². The minimum Gasteiger partial charge on any atom is -0.479 e. The summed E-state index contributed by atoms with van der Waals surface area (Å²) in [6.07, 6.45) is 1.33. The molecule has 25 heavy (non-hydrogen) atoms. The fourth-order valence-corrected chi connectivity index (χ4v) is 3.56. The molecule has 1 unspecified atom stereocenters.